The van der Waals surface area contributed by atoms with Crippen LogP contribution in [0.25, 0.3) is 6.08 Å². The first-order valence-electron chi connectivity index (χ1n) is 8.72. The van der Waals surface area contributed by atoms with Gasteiger partial charge in [0.2, 0.25) is 6.79 Å². The number of benzene rings is 2. The third-order valence-corrected chi connectivity index (χ3v) is 4.63. The molecule has 1 atom stereocenters. The third kappa shape index (κ3) is 5.04. The van der Waals surface area contributed by atoms with Crippen molar-refractivity contribution in [3.05, 3.63) is 64.2 Å². The standard InChI is InChI=1S/C21H20ClNO5/c1-13-3-4-15(9-17(13)22)5-8-21(25)26-11-20(24)23-14(2)16-6-7-18-19(10-16)28-12-27-18/h3-10,14H,11-12H2,1-2H3,(H,23,24)/b8-5+/t14-/m0/s1. The van der Waals surface area contributed by atoms with E-state index in [1.807, 2.05) is 38.1 Å². The zero-order chi connectivity index (χ0) is 20.1. The number of hydrogen-bond acceptors (Lipinski definition) is 5. The van der Waals surface area contributed by atoms with Gasteiger partial charge in [-0.25, -0.2) is 4.79 Å². The first-order chi connectivity index (χ1) is 13.4. The number of aryl methyl sites for hydroxylation is 1. The molecule has 1 aliphatic heterocycles. The first kappa shape index (κ1) is 19.8. The van der Waals surface area contributed by atoms with Gasteiger partial charge in [0.25, 0.3) is 5.91 Å². The fourth-order valence-corrected chi connectivity index (χ4v) is 2.80. The fourth-order valence-electron chi connectivity index (χ4n) is 2.61. The summed E-state index contributed by atoms with van der Waals surface area (Å²) in [6.45, 7) is 3.55. The molecule has 6 nitrogen and oxygen atoms in total. The Bertz CT molecular complexity index is 925. The van der Waals surface area contributed by atoms with Gasteiger partial charge in [0.1, 0.15) is 0 Å². The molecule has 2 aromatic carbocycles. The van der Waals surface area contributed by atoms with Gasteiger partial charge in [0, 0.05) is 11.1 Å². The summed E-state index contributed by atoms with van der Waals surface area (Å²) in [5.74, 6) is 0.317. The van der Waals surface area contributed by atoms with Crippen LogP contribution in [0.2, 0.25) is 5.02 Å². The van der Waals surface area contributed by atoms with Crippen LogP contribution in [0.5, 0.6) is 11.5 Å². The number of hydrogen-bond donors (Lipinski definition) is 1. The van der Waals surface area contributed by atoms with Crippen molar-refractivity contribution in [2.45, 2.75) is 19.9 Å². The van der Waals surface area contributed by atoms with Gasteiger partial charge in [-0.15, -0.1) is 0 Å². The Balaban J connectivity index is 1.47. The minimum atomic E-state index is -0.609. The maximum absolute atomic E-state index is 12.0. The zero-order valence-corrected chi connectivity index (χ0v) is 16.3. The molecule has 7 heteroatoms. The summed E-state index contributed by atoms with van der Waals surface area (Å²) in [7, 11) is 0. The molecule has 0 saturated heterocycles. The topological polar surface area (TPSA) is 73.9 Å². The molecular weight excluding hydrogens is 382 g/mol. The molecule has 0 aromatic heterocycles. The van der Waals surface area contributed by atoms with E-state index in [0.717, 1.165) is 16.7 Å². The molecule has 0 spiro atoms. The van der Waals surface area contributed by atoms with Gasteiger partial charge in [-0.2, -0.15) is 0 Å². The molecular formula is C21H20ClNO5. The van der Waals surface area contributed by atoms with Gasteiger partial charge < -0.3 is 19.5 Å². The van der Waals surface area contributed by atoms with Crippen LogP contribution in [-0.4, -0.2) is 25.3 Å². The van der Waals surface area contributed by atoms with Gasteiger partial charge in [0.15, 0.2) is 18.1 Å². The van der Waals surface area contributed by atoms with E-state index in [1.165, 1.54) is 6.08 Å². The number of nitrogens with one attached hydrogen (secondary N) is 1. The molecule has 1 N–H and O–H groups in total. The van der Waals surface area contributed by atoms with Crippen LogP contribution < -0.4 is 14.8 Å². The maximum Gasteiger partial charge on any atom is 0.331 e. The van der Waals surface area contributed by atoms with E-state index in [2.05, 4.69) is 5.32 Å². The summed E-state index contributed by atoms with van der Waals surface area (Å²) in [6, 6.07) is 10.6. The molecule has 0 aliphatic carbocycles. The average molecular weight is 402 g/mol. The highest BCUT2D eigenvalue weighted by Crippen LogP contribution is 2.34. The van der Waals surface area contributed by atoms with E-state index in [-0.39, 0.29) is 19.4 Å². The quantitative estimate of drug-likeness (QED) is 0.588. The van der Waals surface area contributed by atoms with E-state index in [0.29, 0.717) is 16.5 Å². The summed E-state index contributed by atoms with van der Waals surface area (Å²) in [6.07, 6.45) is 2.84. The summed E-state index contributed by atoms with van der Waals surface area (Å²) in [5, 5.41) is 3.39. The van der Waals surface area contributed by atoms with Crippen LogP contribution in [0.4, 0.5) is 0 Å². The highest BCUT2D eigenvalue weighted by atomic mass is 35.5. The molecule has 2 aromatic rings. The van der Waals surface area contributed by atoms with Crippen molar-refractivity contribution in [3.8, 4) is 11.5 Å². The predicted molar refractivity (Wildman–Crippen MR) is 105 cm³/mol. The van der Waals surface area contributed by atoms with E-state index in [1.54, 1.807) is 18.2 Å². The van der Waals surface area contributed by atoms with Crippen LogP contribution in [0, 0.1) is 6.92 Å². The minimum Gasteiger partial charge on any atom is -0.454 e. The van der Waals surface area contributed by atoms with E-state index >= 15 is 0 Å². The Hall–Kier alpha value is -2.99. The van der Waals surface area contributed by atoms with Crippen molar-refractivity contribution < 1.29 is 23.8 Å². The Kier molecular flexibility index (Phi) is 6.21. The molecule has 0 fully saturated rings. The molecule has 0 saturated carbocycles. The Labute approximate surface area is 168 Å². The summed E-state index contributed by atoms with van der Waals surface area (Å²) < 4.78 is 15.6. The number of carbonyl (C=O) groups is 2. The zero-order valence-electron chi connectivity index (χ0n) is 15.5. The molecule has 1 heterocycles. The highest BCUT2D eigenvalue weighted by molar-refractivity contribution is 6.31. The smallest absolute Gasteiger partial charge is 0.331 e. The number of halogens is 1. The third-order valence-electron chi connectivity index (χ3n) is 4.23. The predicted octanol–water partition coefficient (Wildman–Crippen LogP) is 3.81. The van der Waals surface area contributed by atoms with Crippen molar-refractivity contribution in [3.63, 3.8) is 0 Å². The fraction of sp³-hybridized carbons (Fsp3) is 0.238. The molecule has 0 radical (unpaired) electrons. The minimum absolute atomic E-state index is 0.192. The molecule has 3 rings (SSSR count). The van der Waals surface area contributed by atoms with Gasteiger partial charge in [0.05, 0.1) is 6.04 Å². The molecule has 1 aliphatic rings. The highest BCUT2D eigenvalue weighted by Gasteiger charge is 2.17. The maximum atomic E-state index is 12.0. The van der Waals surface area contributed by atoms with Gasteiger partial charge in [-0.3, -0.25) is 4.79 Å². The lowest BCUT2D eigenvalue weighted by atomic mass is 10.1. The SMILES string of the molecule is Cc1ccc(/C=C/C(=O)OCC(=O)N[C@@H](C)c2ccc3c(c2)OCO3)cc1Cl. The molecule has 0 bridgehead atoms. The van der Waals surface area contributed by atoms with Gasteiger partial charge in [-0.05, 0) is 54.8 Å². The second-order valence-corrected chi connectivity index (χ2v) is 6.76. The van der Waals surface area contributed by atoms with Crippen LogP contribution in [-0.2, 0) is 14.3 Å². The molecule has 0 unspecified atom stereocenters. The van der Waals surface area contributed by atoms with Gasteiger partial charge in [-0.1, -0.05) is 29.8 Å². The number of rotatable bonds is 6. The number of esters is 1. The van der Waals surface area contributed by atoms with Crippen molar-refractivity contribution >= 4 is 29.6 Å². The van der Waals surface area contributed by atoms with Crippen LogP contribution >= 0.6 is 11.6 Å². The largest absolute Gasteiger partial charge is 0.454 e. The van der Waals surface area contributed by atoms with Crippen molar-refractivity contribution in [2.75, 3.05) is 13.4 Å². The first-order valence-corrected chi connectivity index (χ1v) is 9.10. The summed E-state index contributed by atoms with van der Waals surface area (Å²) in [5.41, 5.74) is 2.59. The summed E-state index contributed by atoms with van der Waals surface area (Å²) >= 11 is 6.04. The Morgan fingerprint density at radius 3 is 2.79 bits per heavy atom. The molecule has 1 amide bonds. The van der Waals surface area contributed by atoms with E-state index in [4.69, 9.17) is 25.8 Å². The number of ether oxygens (including phenoxy) is 3. The number of amides is 1. The summed E-state index contributed by atoms with van der Waals surface area (Å²) in [4.78, 5) is 23.8. The van der Waals surface area contributed by atoms with Crippen LogP contribution in [0.3, 0.4) is 0 Å². The number of carbonyl (C=O) groups excluding carboxylic acids is 2. The lowest BCUT2D eigenvalue weighted by Crippen LogP contribution is -2.30. The van der Waals surface area contributed by atoms with Crippen molar-refractivity contribution in [2.24, 2.45) is 0 Å². The van der Waals surface area contributed by atoms with Crippen LogP contribution in [0.1, 0.15) is 29.7 Å². The molecule has 146 valence electrons. The second-order valence-electron chi connectivity index (χ2n) is 6.35. The van der Waals surface area contributed by atoms with Crippen LogP contribution in [0.15, 0.2) is 42.5 Å². The normalized spacial score (nSPS) is 13.4. The monoisotopic (exact) mass is 401 g/mol. The Morgan fingerprint density at radius 1 is 1.21 bits per heavy atom. The van der Waals surface area contributed by atoms with Crippen molar-refractivity contribution in [1.82, 2.24) is 5.32 Å². The lowest BCUT2D eigenvalue weighted by Gasteiger charge is -2.14. The Morgan fingerprint density at radius 2 is 2.00 bits per heavy atom. The lowest BCUT2D eigenvalue weighted by molar-refractivity contribution is -0.144. The van der Waals surface area contributed by atoms with Crippen molar-refractivity contribution in [1.29, 1.82) is 0 Å². The number of fused-ring (bicyclic) bond motifs is 1. The van der Waals surface area contributed by atoms with E-state index < -0.39 is 11.9 Å². The van der Waals surface area contributed by atoms with E-state index in [9.17, 15) is 9.59 Å². The second kappa shape index (κ2) is 8.80. The van der Waals surface area contributed by atoms with Gasteiger partial charge >= 0.3 is 5.97 Å². The molecule has 28 heavy (non-hydrogen) atoms. The average Bonchev–Trinajstić information content (AvgIpc) is 3.15.